The summed E-state index contributed by atoms with van der Waals surface area (Å²) in [4.78, 5) is 15.5. The molecule has 2 aromatic carbocycles. The molecular weight excluding hydrogens is 357 g/mol. The third-order valence-electron chi connectivity index (χ3n) is 2.72. The topological polar surface area (TPSA) is 63.3 Å². The predicted molar refractivity (Wildman–Crippen MR) is 79.1 cm³/mol. The van der Waals surface area contributed by atoms with Gasteiger partial charge in [0.1, 0.15) is 11.1 Å². The molecule has 1 heterocycles. The van der Waals surface area contributed by atoms with Gasteiger partial charge >= 0.3 is 5.97 Å². The lowest BCUT2D eigenvalue weighted by atomic mass is 10.2. The summed E-state index contributed by atoms with van der Waals surface area (Å²) in [6.45, 7) is 0. The van der Waals surface area contributed by atoms with Gasteiger partial charge in [-0.2, -0.15) is 0 Å². The molecule has 19 heavy (non-hydrogen) atoms. The Hall–Kier alpha value is -1.89. The molecule has 5 heteroatoms. The number of para-hydroxylation sites is 1. The standard InChI is InChI=1S/C14H8INO3/c15-9-4-1-3-8(7-9)13-16-11-6-2-5-10(14(17)18)12(11)19-13/h1-7H,(H,17,18). The molecule has 4 nitrogen and oxygen atoms in total. The van der Waals surface area contributed by atoms with Crippen molar-refractivity contribution in [2.45, 2.75) is 0 Å². The summed E-state index contributed by atoms with van der Waals surface area (Å²) in [7, 11) is 0. The molecule has 94 valence electrons. The van der Waals surface area contributed by atoms with Crippen LogP contribution in [0.1, 0.15) is 10.4 Å². The number of hydrogen-bond acceptors (Lipinski definition) is 3. The first-order valence-electron chi connectivity index (χ1n) is 5.54. The Morgan fingerprint density at radius 1 is 1.21 bits per heavy atom. The van der Waals surface area contributed by atoms with E-state index in [1.165, 1.54) is 6.07 Å². The van der Waals surface area contributed by atoms with Crippen LogP contribution in [-0.2, 0) is 0 Å². The number of carboxylic acid groups (broad SMARTS) is 1. The van der Waals surface area contributed by atoms with Crippen LogP contribution in [0, 0.1) is 3.57 Å². The second kappa shape index (κ2) is 4.65. The molecule has 0 saturated heterocycles. The van der Waals surface area contributed by atoms with Crippen molar-refractivity contribution in [1.82, 2.24) is 4.98 Å². The average molecular weight is 365 g/mol. The van der Waals surface area contributed by atoms with E-state index in [1.54, 1.807) is 12.1 Å². The molecule has 0 spiro atoms. The highest BCUT2D eigenvalue weighted by molar-refractivity contribution is 14.1. The summed E-state index contributed by atoms with van der Waals surface area (Å²) in [5, 5.41) is 9.12. The van der Waals surface area contributed by atoms with Gasteiger partial charge in [-0.1, -0.05) is 12.1 Å². The summed E-state index contributed by atoms with van der Waals surface area (Å²) in [5.41, 5.74) is 1.82. The number of nitrogens with zero attached hydrogens (tertiary/aromatic N) is 1. The number of carbonyl (C=O) groups is 1. The summed E-state index contributed by atoms with van der Waals surface area (Å²) in [5.74, 6) is -0.585. The molecule has 1 aromatic heterocycles. The minimum Gasteiger partial charge on any atom is -0.478 e. The average Bonchev–Trinajstić information content (AvgIpc) is 2.82. The Morgan fingerprint density at radius 3 is 2.74 bits per heavy atom. The summed E-state index contributed by atoms with van der Waals surface area (Å²) >= 11 is 2.20. The SMILES string of the molecule is O=C(O)c1cccc2nc(-c3cccc(I)c3)oc12. The number of hydrogen-bond donors (Lipinski definition) is 1. The van der Waals surface area contributed by atoms with Gasteiger partial charge in [-0.15, -0.1) is 0 Å². The van der Waals surface area contributed by atoms with Crippen LogP contribution in [0.4, 0.5) is 0 Å². The molecule has 0 amide bonds. The van der Waals surface area contributed by atoms with E-state index in [1.807, 2.05) is 24.3 Å². The minimum absolute atomic E-state index is 0.127. The van der Waals surface area contributed by atoms with E-state index in [0.29, 0.717) is 17.0 Å². The Balaban J connectivity index is 2.22. The van der Waals surface area contributed by atoms with Gasteiger partial charge < -0.3 is 9.52 Å². The maximum atomic E-state index is 11.1. The third kappa shape index (κ3) is 2.21. The van der Waals surface area contributed by atoms with Gasteiger partial charge in [-0.3, -0.25) is 0 Å². The van der Waals surface area contributed by atoms with Crippen LogP contribution < -0.4 is 0 Å². The maximum absolute atomic E-state index is 11.1. The van der Waals surface area contributed by atoms with E-state index < -0.39 is 5.97 Å². The molecule has 0 saturated carbocycles. The Bertz CT molecular complexity index is 779. The van der Waals surface area contributed by atoms with Crippen molar-refractivity contribution in [1.29, 1.82) is 0 Å². The van der Waals surface area contributed by atoms with Crippen LogP contribution in [-0.4, -0.2) is 16.1 Å². The van der Waals surface area contributed by atoms with E-state index in [2.05, 4.69) is 27.6 Å². The van der Waals surface area contributed by atoms with Crippen molar-refractivity contribution in [3.63, 3.8) is 0 Å². The van der Waals surface area contributed by atoms with Crippen molar-refractivity contribution < 1.29 is 14.3 Å². The summed E-state index contributed by atoms with van der Waals surface area (Å²) in [6, 6.07) is 12.6. The molecule has 0 bridgehead atoms. The molecule has 0 aliphatic carbocycles. The fourth-order valence-electron chi connectivity index (χ4n) is 1.86. The van der Waals surface area contributed by atoms with Gasteiger partial charge in [0.2, 0.25) is 5.89 Å². The highest BCUT2D eigenvalue weighted by atomic mass is 127. The zero-order valence-corrected chi connectivity index (χ0v) is 11.8. The van der Waals surface area contributed by atoms with E-state index >= 15 is 0 Å². The first-order chi connectivity index (χ1) is 9.15. The van der Waals surface area contributed by atoms with Crippen LogP contribution in [0.3, 0.4) is 0 Å². The lowest BCUT2D eigenvalue weighted by molar-refractivity contribution is 0.0698. The molecule has 3 rings (SSSR count). The fraction of sp³-hybridized carbons (Fsp3) is 0. The molecule has 0 atom stereocenters. The second-order valence-electron chi connectivity index (χ2n) is 3.99. The molecule has 1 N–H and O–H groups in total. The maximum Gasteiger partial charge on any atom is 0.339 e. The van der Waals surface area contributed by atoms with Gasteiger partial charge in [0.05, 0.1) is 0 Å². The summed E-state index contributed by atoms with van der Waals surface area (Å²) < 4.78 is 6.67. The van der Waals surface area contributed by atoms with Crippen molar-refractivity contribution in [3.8, 4) is 11.5 Å². The van der Waals surface area contributed by atoms with E-state index in [-0.39, 0.29) is 5.56 Å². The van der Waals surface area contributed by atoms with Gasteiger partial charge in [0, 0.05) is 9.13 Å². The number of aromatic nitrogens is 1. The number of oxazole rings is 1. The molecule has 3 aromatic rings. The van der Waals surface area contributed by atoms with Crippen LogP contribution in [0.15, 0.2) is 46.9 Å². The highest BCUT2D eigenvalue weighted by Gasteiger charge is 2.15. The van der Waals surface area contributed by atoms with Crippen LogP contribution in [0.2, 0.25) is 0 Å². The quantitative estimate of drug-likeness (QED) is 0.702. The number of rotatable bonds is 2. The Morgan fingerprint density at radius 2 is 2.00 bits per heavy atom. The first-order valence-corrected chi connectivity index (χ1v) is 6.62. The first kappa shape index (κ1) is 12.2. The minimum atomic E-state index is -1.02. The van der Waals surface area contributed by atoms with Gasteiger partial charge in [-0.05, 0) is 52.9 Å². The molecule has 0 radical (unpaired) electrons. The molecule has 0 aliphatic rings. The van der Waals surface area contributed by atoms with E-state index in [9.17, 15) is 4.79 Å². The van der Waals surface area contributed by atoms with Gasteiger partial charge in [0.25, 0.3) is 0 Å². The number of aromatic carboxylic acids is 1. The van der Waals surface area contributed by atoms with Gasteiger partial charge in [-0.25, -0.2) is 9.78 Å². The number of halogens is 1. The third-order valence-corrected chi connectivity index (χ3v) is 3.39. The molecule has 0 aliphatic heterocycles. The zero-order valence-electron chi connectivity index (χ0n) is 9.63. The van der Waals surface area contributed by atoms with Crippen molar-refractivity contribution in [3.05, 3.63) is 51.6 Å². The largest absolute Gasteiger partial charge is 0.478 e. The van der Waals surface area contributed by atoms with Crippen LogP contribution in [0.5, 0.6) is 0 Å². The molecule has 0 unspecified atom stereocenters. The number of carboxylic acids is 1. The predicted octanol–water partition coefficient (Wildman–Crippen LogP) is 3.80. The lowest BCUT2D eigenvalue weighted by Crippen LogP contribution is -1.95. The van der Waals surface area contributed by atoms with E-state index in [0.717, 1.165) is 9.13 Å². The van der Waals surface area contributed by atoms with Crippen molar-refractivity contribution in [2.75, 3.05) is 0 Å². The van der Waals surface area contributed by atoms with Crippen molar-refractivity contribution >= 4 is 39.7 Å². The monoisotopic (exact) mass is 365 g/mol. The fourth-order valence-corrected chi connectivity index (χ4v) is 2.41. The Labute approximate surface area is 122 Å². The molecule has 0 fully saturated rings. The number of fused-ring (bicyclic) bond motifs is 1. The van der Waals surface area contributed by atoms with Crippen LogP contribution >= 0.6 is 22.6 Å². The zero-order chi connectivity index (χ0) is 13.4. The van der Waals surface area contributed by atoms with Crippen LogP contribution in [0.25, 0.3) is 22.6 Å². The summed E-state index contributed by atoms with van der Waals surface area (Å²) in [6.07, 6.45) is 0. The smallest absolute Gasteiger partial charge is 0.339 e. The van der Waals surface area contributed by atoms with E-state index in [4.69, 9.17) is 9.52 Å². The normalized spacial score (nSPS) is 10.8. The van der Waals surface area contributed by atoms with Gasteiger partial charge in [0.15, 0.2) is 5.58 Å². The number of benzene rings is 2. The molecular formula is C14H8INO3. The second-order valence-corrected chi connectivity index (χ2v) is 5.23. The lowest BCUT2D eigenvalue weighted by Gasteiger charge is -1.95. The van der Waals surface area contributed by atoms with Crippen molar-refractivity contribution in [2.24, 2.45) is 0 Å². The Kier molecular flexibility index (Phi) is 2.98. The highest BCUT2D eigenvalue weighted by Crippen LogP contribution is 2.27.